The zero-order valence-electron chi connectivity index (χ0n) is 6.92. The molecular weight excluding hydrogens is 142 g/mol. The van der Waals surface area contributed by atoms with Crippen LogP contribution < -0.4 is 0 Å². The Labute approximate surface area is 66.9 Å². The standard InChI is InChI=1S/C8H15NO2/c1-9-2-3-11-8(6-9)4-7(10)5-8/h7,10H,2-6H2,1H3. The summed E-state index contributed by atoms with van der Waals surface area (Å²) in [6.45, 7) is 2.84. The maximum Gasteiger partial charge on any atom is 0.0858 e. The molecule has 2 rings (SSSR count). The summed E-state index contributed by atoms with van der Waals surface area (Å²) in [6.07, 6.45) is 1.55. The Hall–Kier alpha value is -0.120. The molecule has 2 fully saturated rings. The van der Waals surface area contributed by atoms with E-state index < -0.39 is 0 Å². The van der Waals surface area contributed by atoms with Crippen LogP contribution in [-0.2, 0) is 4.74 Å². The summed E-state index contributed by atoms with van der Waals surface area (Å²) in [4.78, 5) is 2.27. The van der Waals surface area contributed by atoms with Gasteiger partial charge in [-0.25, -0.2) is 0 Å². The van der Waals surface area contributed by atoms with E-state index in [0.29, 0.717) is 0 Å². The zero-order chi connectivity index (χ0) is 7.90. The Bertz CT molecular complexity index is 149. The molecule has 0 radical (unpaired) electrons. The highest BCUT2D eigenvalue weighted by molar-refractivity contribution is 4.99. The van der Waals surface area contributed by atoms with Gasteiger partial charge in [-0.2, -0.15) is 0 Å². The normalized spacial score (nSPS) is 45.8. The lowest BCUT2D eigenvalue weighted by atomic mass is 9.76. The van der Waals surface area contributed by atoms with Crippen molar-refractivity contribution in [1.29, 1.82) is 0 Å². The van der Waals surface area contributed by atoms with Crippen molar-refractivity contribution in [2.75, 3.05) is 26.7 Å². The Balaban J connectivity index is 1.93. The Morgan fingerprint density at radius 3 is 2.82 bits per heavy atom. The molecule has 0 amide bonds. The summed E-state index contributed by atoms with van der Waals surface area (Å²) in [5.74, 6) is 0. The lowest BCUT2D eigenvalue weighted by Gasteiger charge is -2.49. The third-order valence-electron chi connectivity index (χ3n) is 2.65. The average molecular weight is 157 g/mol. The Morgan fingerprint density at radius 2 is 2.27 bits per heavy atom. The highest BCUT2D eigenvalue weighted by atomic mass is 16.5. The number of ether oxygens (including phenoxy) is 1. The number of likely N-dealkylation sites (N-methyl/N-ethyl adjacent to an activating group) is 1. The van der Waals surface area contributed by atoms with Gasteiger partial charge < -0.3 is 14.7 Å². The van der Waals surface area contributed by atoms with E-state index in [1.807, 2.05) is 0 Å². The molecule has 0 aromatic heterocycles. The molecule has 1 N–H and O–H groups in total. The van der Waals surface area contributed by atoms with Gasteiger partial charge in [0, 0.05) is 25.9 Å². The number of aliphatic hydroxyl groups excluding tert-OH is 1. The van der Waals surface area contributed by atoms with Gasteiger partial charge in [-0.1, -0.05) is 0 Å². The molecule has 1 saturated heterocycles. The first kappa shape index (κ1) is 7.53. The number of aliphatic hydroxyl groups is 1. The predicted molar refractivity (Wildman–Crippen MR) is 41.4 cm³/mol. The quantitative estimate of drug-likeness (QED) is 0.530. The molecule has 0 unspecified atom stereocenters. The van der Waals surface area contributed by atoms with Gasteiger partial charge in [0.1, 0.15) is 0 Å². The van der Waals surface area contributed by atoms with E-state index in [-0.39, 0.29) is 11.7 Å². The van der Waals surface area contributed by atoms with Crippen molar-refractivity contribution in [2.24, 2.45) is 0 Å². The second-order valence-electron chi connectivity index (χ2n) is 3.83. The predicted octanol–water partition coefficient (Wildman–Crippen LogP) is -0.158. The average Bonchev–Trinajstić information content (AvgIpc) is 1.84. The molecule has 1 saturated carbocycles. The molecule has 11 heavy (non-hydrogen) atoms. The van der Waals surface area contributed by atoms with Crippen molar-refractivity contribution >= 4 is 0 Å². The van der Waals surface area contributed by atoms with Crippen LogP contribution in [0.4, 0.5) is 0 Å². The lowest BCUT2D eigenvalue weighted by molar-refractivity contribution is -0.188. The van der Waals surface area contributed by atoms with E-state index in [9.17, 15) is 0 Å². The minimum Gasteiger partial charge on any atom is -0.393 e. The minimum absolute atomic E-state index is 0.0203. The maximum absolute atomic E-state index is 9.15. The molecular formula is C8H15NO2. The van der Waals surface area contributed by atoms with Crippen LogP contribution in [0.15, 0.2) is 0 Å². The monoisotopic (exact) mass is 157 g/mol. The van der Waals surface area contributed by atoms with Crippen LogP contribution in [0.1, 0.15) is 12.8 Å². The van der Waals surface area contributed by atoms with Crippen LogP contribution >= 0.6 is 0 Å². The van der Waals surface area contributed by atoms with Gasteiger partial charge in [0.2, 0.25) is 0 Å². The summed E-state index contributed by atoms with van der Waals surface area (Å²) in [7, 11) is 2.11. The van der Waals surface area contributed by atoms with Gasteiger partial charge in [-0.15, -0.1) is 0 Å². The van der Waals surface area contributed by atoms with Crippen molar-refractivity contribution in [3.63, 3.8) is 0 Å². The van der Waals surface area contributed by atoms with Crippen LogP contribution in [0.2, 0.25) is 0 Å². The Kier molecular flexibility index (Phi) is 1.67. The molecule has 64 valence electrons. The van der Waals surface area contributed by atoms with Gasteiger partial charge in [-0.3, -0.25) is 0 Å². The molecule has 1 aliphatic heterocycles. The number of nitrogens with zero attached hydrogens (tertiary/aromatic N) is 1. The molecule has 0 atom stereocenters. The fraction of sp³-hybridized carbons (Fsp3) is 1.00. The third kappa shape index (κ3) is 1.28. The highest BCUT2D eigenvalue weighted by Crippen LogP contribution is 2.37. The zero-order valence-corrected chi connectivity index (χ0v) is 6.92. The van der Waals surface area contributed by atoms with E-state index in [0.717, 1.165) is 32.5 Å². The van der Waals surface area contributed by atoms with Crippen molar-refractivity contribution in [3.05, 3.63) is 0 Å². The number of morpholine rings is 1. The van der Waals surface area contributed by atoms with Gasteiger partial charge >= 0.3 is 0 Å². The maximum atomic E-state index is 9.15. The summed E-state index contributed by atoms with van der Waals surface area (Å²) < 4.78 is 5.64. The molecule has 1 heterocycles. The van der Waals surface area contributed by atoms with Crippen LogP contribution in [0, 0.1) is 0 Å². The largest absolute Gasteiger partial charge is 0.393 e. The fourth-order valence-corrected chi connectivity index (χ4v) is 2.08. The van der Waals surface area contributed by atoms with E-state index in [2.05, 4.69) is 11.9 Å². The summed E-state index contributed by atoms with van der Waals surface area (Å²) >= 11 is 0. The van der Waals surface area contributed by atoms with Crippen molar-refractivity contribution < 1.29 is 9.84 Å². The van der Waals surface area contributed by atoms with Crippen LogP contribution in [0.25, 0.3) is 0 Å². The molecule has 0 aromatic rings. The van der Waals surface area contributed by atoms with Crippen molar-refractivity contribution in [2.45, 2.75) is 24.5 Å². The van der Waals surface area contributed by atoms with E-state index in [1.54, 1.807) is 0 Å². The van der Waals surface area contributed by atoms with Gasteiger partial charge in [0.15, 0.2) is 0 Å². The number of hydrogen-bond donors (Lipinski definition) is 1. The highest BCUT2D eigenvalue weighted by Gasteiger charge is 2.46. The second-order valence-corrected chi connectivity index (χ2v) is 3.83. The van der Waals surface area contributed by atoms with E-state index >= 15 is 0 Å². The first-order chi connectivity index (χ1) is 5.20. The van der Waals surface area contributed by atoms with Crippen LogP contribution in [-0.4, -0.2) is 48.5 Å². The molecule has 0 bridgehead atoms. The van der Waals surface area contributed by atoms with Crippen LogP contribution in [0.5, 0.6) is 0 Å². The Morgan fingerprint density at radius 1 is 1.55 bits per heavy atom. The molecule has 0 aromatic carbocycles. The second kappa shape index (κ2) is 2.44. The van der Waals surface area contributed by atoms with E-state index in [1.165, 1.54) is 0 Å². The lowest BCUT2D eigenvalue weighted by Crippen LogP contribution is -2.59. The van der Waals surface area contributed by atoms with Gasteiger partial charge in [0.25, 0.3) is 0 Å². The molecule has 1 spiro atoms. The summed E-state index contributed by atoms with van der Waals surface area (Å²) in [5.41, 5.74) is 0.0203. The first-order valence-corrected chi connectivity index (χ1v) is 4.21. The topological polar surface area (TPSA) is 32.7 Å². The van der Waals surface area contributed by atoms with E-state index in [4.69, 9.17) is 9.84 Å². The molecule has 1 aliphatic carbocycles. The summed E-state index contributed by atoms with van der Waals surface area (Å²) in [6, 6.07) is 0. The van der Waals surface area contributed by atoms with Crippen molar-refractivity contribution in [1.82, 2.24) is 4.90 Å². The summed E-state index contributed by atoms with van der Waals surface area (Å²) in [5, 5.41) is 9.15. The van der Waals surface area contributed by atoms with Gasteiger partial charge in [0.05, 0.1) is 18.3 Å². The smallest absolute Gasteiger partial charge is 0.0858 e. The third-order valence-corrected chi connectivity index (χ3v) is 2.65. The SMILES string of the molecule is CN1CCOC2(CC(O)C2)C1. The van der Waals surface area contributed by atoms with Crippen molar-refractivity contribution in [3.8, 4) is 0 Å². The molecule has 2 aliphatic rings. The molecule has 3 heteroatoms. The fourth-order valence-electron chi connectivity index (χ4n) is 2.08. The minimum atomic E-state index is -0.110. The van der Waals surface area contributed by atoms with Gasteiger partial charge in [-0.05, 0) is 7.05 Å². The number of hydrogen-bond acceptors (Lipinski definition) is 3. The molecule has 3 nitrogen and oxygen atoms in total. The van der Waals surface area contributed by atoms with Crippen LogP contribution in [0.3, 0.4) is 0 Å². The first-order valence-electron chi connectivity index (χ1n) is 4.21. The number of rotatable bonds is 0.